The van der Waals surface area contributed by atoms with Crippen LogP contribution in [0.5, 0.6) is 11.5 Å². The molecule has 1 heterocycles. The molecule has 2 rings (SSSR count). The number of rotatable bonds is 5. The molecule has 1 saturated heterocycles. The molecule has 4 heteroatoms. The lowest BCUT2D eigenvalue weighted by Crippen LogP contribution is -2.40. The smallest absolute Gasteiger partial charge is 0.127 e. The second-order valence-electron chi connectivity index (χ2n) is 5.41. The van der Waals surface area contributed by atoms with Crippen LogP contribution >= 0.6 is 0 Å². The van der Waals surface area contributed by atoms with Crippen molar-refractivity contribution >= 4 is 0 Å². The first-order valence-corrected chi connectivity index (χ1v) is 7.11. The van der Waals surface area contributed by atoms with Gasteiger partial charge in [0, 0.05) is 6.54 Å². The number of nitrogens with zero attached hydrogens (tertiary/aromatic N) is 2. The van der Waals surface area contributed by atoms with Crippen LogP contribution in [0.1, 0.15) is 18.4 Å². The van der Waals surface area contributed by atoms with Crippen molar-refractivity contribution in [1.29, 1.82) is 0 Å². The van der Waals surface area contributed by atoms with Crippen LogP contribution in [-0.4, -0.2) is 50.2 Å². The van der Waals surface area contributed by atoms with Crippen LogP contribution in [0.25, 0.3) is 0 Å². The summed E-state index contributed by atoms with van der Waals surface area (Å²) in [7, 11) is 9.48. The normalized spacial score (nSPS) is 17.4. The van der Waals surface area contributed by atoms with E-state index in [4.69, 9.17) is 9.47 Å². The van der Waals surface area contributed by atoms with Crippen molar-refractivity contribution in [1.82, 2.24) is 9.80 Å². The van der Waals surface area contributed by atoms with Crippen molar-refractivity contribution < 1.29 is 9.47 Å². The molecule has 1 aromatic rings. The summed E-state index contributed by atoms with van der Waals surface area (Å²) in [6.07, 6.45) is 2.33. The quantitative estimate of drug-likeness (QED) is 0.772. The van der Waals surface area contributed by atoms with E-state index in [1.807, 2.05) is 18.2 Å². The van der Waals surface area contributed by atoms with E-state index in [1.54, 1.807) is 14.2 Å². The Balaban J connectivity index is 2.04. The van der Waals surface area contributed by atoms with Crippen LogP contribution in [0.2, 0.25) is 0 Å². The highest BCUT2D eigenvalue weighted by atomic mass is 16.5. The molecular weight excluding hydrogens is 252 g/mol. The van der Waals surface area contributed by atoms with Gasteiger partial charge in [-0.3, -0.25) is 11.9 Å². The van der Waals surface area contributed by atoms with Gasteiger partial charge in [0.15, 0.2) is 0 Å². The maximum Gasteiger partial charge on any atom is 0.127 e. The molecule has 0 amide bonds. The number of hydrogen-bond acceptors (Lipinski definition) is 4. The average Bonchev–Trinajstić information content (AvgIpc) is 2.48. The molecule has 0 spiro atoms. The predicted octanol–water partition coefficient (Wildman–Crippen LogP) is 2.39. The SMILES string of the molecule is [CH2-]N(C)C1CCN(Cc2c(OC)cccc2OC)CC1. The molecule has 1 aliphatic rings. The number of piperidine rings is 1. The molecule has 112 valence electrons. The van der Waals surface area contributed by atoms with Gasteiger partial charge in [0.05, 0.1) is 19.8 Å². The van der Waals surface area contributed by atoms with Gasteiger partial charge in [-0.05, 0) is 51.2 Å². The fourth-order valence-electron chi connectivity index (χ4n) is 2.83. The Bertz CT molecular complexity index is 404. The van der Waals surface area contributed by atoms with E-state index >= 15 is 0 Å². The largest absolute Gasteiger partial charge is 0.496 e. The molecule has 0 radical (unpaired) electrons. The number of methoxy groups -OCH3 is 2. The van der Waals surface area contributed by atoms with Crippen molar-refractivity contribution in [2.75, 3.05) is 34.4 Å². The number of hydrogen-bond donors (Lipinski definition) is 0. The molecule has 1 aliphatic heterocycles. The molecule has 20 heavy (non-hydrogen) atoms. The van der Waals surface area contributed by atoms with Crippen molar-refractivity contribution in [3.8, 4) is 11.5 Å². The third-order valence-electron chi connectivity index (χ3n) is 4.09. The van der Waals surface area contributed by atoms with E-state index < -0.39 is 0 Å². The molecule has 0 bridgehead atoms. The van der Waals surface area contributed by atoms with Crippen molar-refractivity contribution in [3.63, 3.8) is 0 Å². The van der Waals surface area contributed by atoms with E-state index in [0.29, 0.717) is 6.04 Å². The Morgan fingerprint density at radius 2 is 1.75 bits per heavy atom. The van der Waals surface area contributed by atoms with Gasteiger partial charge in [-0.2, -0.15) is 0 Å². The Morgan fingerprint density at radius 1 is 1.20 bits per heavy atom. The standard InChI is InChI=1S/C16H25N2O2/c1-17(2)13-8-10-18(11-9-13)12-14-15(19-3)6-5-7-16(14)20-4/h5-7,13H,1,8-12H2,2-4H3/q-1. The Kier molecular flexibility index (Phi) is 5.26. The lowest BCUT2D eigenvalue weighted by Gasteiger charge is -2.39. The zero-order valence-electron chi connectivity index (χ0n) is 12.8. The molecule has 0 atom stereocenters. The molecule has 1 fully saturated rings. The number of likely N-dealkylation sites (tertiary alicyclic amines) is 1. The molecule has 0 aliphatic carbocycles. The van der Waals surface area contributed by atoms with Gasteiger partial charge in [-0.1, -0.05) is 6.07 Å². The maximum absolute atomic E-state index is 5.46. The molecular formula is C16H25N2O2-. The van der Waals surface area contributed by atoms with Gasteiger partial charge in [-0.15, -0.1) is 0 Å². The van der Waals surface area contributed by atoms with Gasteiger partial charge >= 0.3 is 0 Å². The van der Waals surface area contributed by atoms with Crippen LogP contribution in [0.15, 0.2) is 18.2 Å². The lowest BCUT2D eigenvalue weighted by atomic mass is 10.0. The zero-order chi connectivity index (χ0) is 14.5. The van der Waals surface area contributed by atoms with Crippen LogP contribution in [0, 0.1) is 7.05 Å². The minimum absolute atomic E-state index is 0.603. The molecule has 0 unspecified atom stereocenters. The monoisotopic (exact) mass is 277 g/mol. The summed E-state index contributed by atoms with van der Waals surface area (Å²) in [6, 6.07) is 6.55. The van der Waals surface area contributed by atoms with Crippen LogP contribution in [0.4, 0.5) is 0 Å². The van der Waals surface area contributed by atoms with E-state index in [2.05, 4.69) is 23.9 Å². The summed E-state index contributed by atoms with van der Waals surface area (Å²) in [5.74, 6) is 1.81. The Morgan fingerprint density at radius 3 is 2.20 bits per heavy atom. The molecule has 0 N–H and O–H groups in total. The van der Waals surface area contributed by atoms with Crippen LogP contribution in [-0.2, 0) is 6.54 Å². The van der Waals surface area contributed by atoms with Crippen LogP contribution in [0.3, 0.4) is 0 Å². The summed E-state index contributed by atoms with van der Waals surface area (Å²) in [5, 5.41) is 0. The minimum atomic E-state index is 0.603. The van der Waals surface area contributed by atoms with Crippen molar-refractivity contribution in [2.24, 2.45) is 0 Å². The Hall–Kier alpha value is -1.26. The highest BCUT2D eigenvalue weighted by Gasteiger charge is 2.21. The van der Waals surface area contributed by atoms with Gasteiger partial charge in [0.2, 0.25) is 0 Å². The zero-order valence-corrected chi connectivity index (χ0v) is 12.8. The van der Waals surface area contributed by atoms with E-state index in [1.165, 1.54) is 0 Å². The number of benzene rings is 1. The van der Waals surface area contributed by atoms with Crippen LogP contribution < -0.4 is 9.47 Å². The van der Waals surface area contributed by atoms with E-state index in [9.17, 15) is 0 Å². The fraction of sp³-hybridized carbons (Fsp3) is 0.562. The second-order valence-corrected chi connectivity index (χ2v) is 5.41. The van der Waals surface area contributed by atoms with Gasteiger partial charge < -0.3 is 14.4 Å². The minimum Gasteiger partial charge on any atom is -0.496 e. The first-order chi connectivity index (χ1) is 9.65. The molecule has 1 aromatic carbocycles. The molecule has 0 aromatic heterocycles. The second kappa shape index (κ2) is 6.95. The molecule has 0 saturated carbocycles. The summed E-state index contributed by atoms with van der Waals surface area (Å²) in [4.78, 5) is 4.54. The fourth-order valence-corrected chi connectivity index (χ4v) is 2.83. The third kappa shape index (κ3) is 3.44. The highest BCUT2D eigenvalue weighted by molar-refractivity contribution is 5.44. The van der Waals surface area contributed by atoms with Gasteiger partial charge in [0.1, 0.15) is 11.5 Å². The van der Waals surface area contributed by atoms with Crippen molar-refractivity contribution in [3.05, 3.63) is 30.8 Å². The summed E-state index contributed by atoms with van der Waals surface area (Å²) >= 11 is 0. The lowest BCUT2D eigenvalue weighted by molar-refractivity contribution is 0.147. The molecule has 4 nitrogen and oxygen atoms in total. The maximum atomic E-state index is 5.46. The third-order valence-corrected chi connectivity index (χ3v) is 4.09. The highest BCUT2D eigenvalue weighted by Crippen LogP contribution is 2.30. The first kappa shape index (κ1) is 15.1. The summed E-state index contributed by atoms with van der Waals surface area (Å²) < 4.78 is 10.9. The van der Waals surface area contributed by atoms with Crippen molar-refractivity contribution in [2.45, 2.75) is 25.4 Å². The van der Waals surface area contributed by atoms with Gasteiger partial charge in [0.25, 0.3) is 0 Å². The van der Waals surface area contributed by atoms with Gasteiger partial charge in [-0.25, -0.2) is 0 Å². The summed E-state index contributed by atoms with van der Waals surface area (Å²) in [6.45, 7) is 3.05. The Labute approximate surface area is 122 Å². The van der Waals surface area contributed by atoms with E-state index in [0.717, 1.165) is 49.5 Å². The predicted molar refractivity (Wildman–Crippen MR) is 81.0 cm³/mol. The first-order valence-electron chi connectivity index (χ1n) is 7.11. The summed E-state index contributed by atoms with van der Waals surface area (Å²) in [5.41, 5.74) is 1.14. The number of ether oxygens (including phenoxy) is 2. The van der Waals surface area contributed by atoms with E-state index in [-0.39, 0.29) is 0 Å². The topological polar surface area (TPSA) is 24.9 Å². The average molecular weight is 277 g/mol.